The lowest BCUT2D eigenvalue weighted by Gasteiger charge is -2.08. The molecule has 25 heavy (non-hydrogen) atoms. The summed E-state index contributed by atoms with van der Waals surface area (Å²) in [6.07, 6.45) is 1.71. The van der Waals surface area contributed by atoms with Crippen molar-refractivity contribution in [3.63, 3.8) is 0 Å². The quantitative estimate of drug-likeness (QED) is 0.621. The lowest BCUT2D eigenvalue weighted by Crippen LogP contribution is -2.14. The number of benzene rings is 2. The van der Waals surface area contributed by atoms with Crippen molar-refractivity contribution in [3.8, 4) is 11.4 Å². The van der Waals surface area contributed by atoms with Crippen LogP contribution in [-0.4, -0.2) is 14.5 Å². The number of aryl methyl sites for hydroxylation is 1. The standard InChI is InChI=1S/C20H17N3O2/c1-14-11-12-21-19-18(14)22-20(24)23(19)16-7-9-17(10-8-16)25-13-15-5-3-2-4-6-15/h2-12H,13H2,1H3,(H,22,24). The highest BCUT2D eigenvalue weighted by molar-refractivity contribution is 5.76. The van der Waals surface area contributed by atoms with E-state index in [1.807, 2.05) is 67.6 Å². The number of aromatic nitrogens is 3. The Labute approximate surface area is 144 Å². The molecule has 2 heterocycles. The maximum atomic E-state index is 12.3. The fourth-order valence-corrected chi connectivity index (χ4v) is 2.80. The maximum Gasteiger partial charge on any atom is 0.332 e. The number of rotatable bonds is 4. The van der Waals surface area contributed by atoms with Crippen molar-refractivity contribution in [1.29, 1.82) is 0 Å². The van der Waals surface area contributed by atoms with Crippen LogP contribution in [0.3, 0.4) is 0 Å². The molecular weight excluding hydrogens is 314 g/mol. The minimum absolute atomic E-state index is 0.199. The molecule has 124 valence electrons. The molecule has 0 bridgehead atoms. The molecule has 5 nitrogen and oxygen atoms in total. The minimum Gasteiger partial charge on any atom is -0.489 e. The van der Waals surface area contributed by atoms with Gasteiger partial charge in [-0.1, -0.05) is 30.3 Å². The molecule has 4 aromatic rings. The van der Waals surface area contributed by atoms with Crippen molar-refractivity contribution >= 4 is 11.2 Å². The highest BCUT2D eigenvalue weighted by atomic mass is 16.5. The first-order valence-corrected chi connectivity index (χ1v) is 8.06. The van der Waals surface area contributed by atoms with Gasteiger partial charge in [-0.05, 0) is 48.4 Å². The van der Waals surface area contributed by atoms with Gasteiger partial charge in [0.2, 0.25) is 0 Å². The summed E-state index contributed by atoms with van der Waals surface area (Å²) in [4.78, 5) is 19.5. The number of nitrogens with one attached hydrogen (secondary N) is 1. The highest BCUT2D eigenvalue weighted by Gasteiger charge is 2.11. The van der Waals surface area contributed by atoms with Crippen LogP contribution in [0.2, 0.25) is 0 Å². The van der Waals surface area contributed by atoms with Gasteiger partial charge in [-0.15, -0.1) is 0 Å². The van der Waals surface area contributed by atoms with E-state index >= 15 is 0 Å². The van der Waals surface area contributed by atoms with E-state index in [0.717, 1.165) is 28.1 Å². The zero-order valence-electron chi connectivity index (χ0n) is 13.8. The monoisotopic (exact) mass is 331 g/mol. The van der Waals surface area contributed by atoms with Gasteiger partial charge in [-0.3, -0.25) is 0 Å². The molecule has 2 aromatic heterocycles. The summed E-state index contributed by atoms with van der Waals surface area (Å²) in [6.45, 7) is 2.46. The number of H-pyrrole nitrogens is 1. The molecule has 0 saturated heterocycles. The van der Waals surface area contributed by atoms with Crippen molar-refractivity contribution in [1.82, 2.24) is 14.5 Å². The largest absolute Gasteiger partial charge is 0.489 e. The number of hydrogen-bond acceptors (Lipinski definition) is 3. The first-order chi connectivity index (χ1) is 12.2. The molecule has 0 unspecified atom stereocenters. The van der Waals surface area contributed by atoms with Crippen molar-refractivity contribution in [2.45, 2.75) is 13.5 Å². The Morgan fingerprint density at radius 1 is 1.04 bits per heavy atom. The van der Waals surface area contributed by atoms with Gasteiger partial charge >= 0.3 is 5.69 Å². The van der Waals surface area contributed by atoms with Crippen molar-refractivity contribution < 1.29 is 4.74 Å². The molecule has 0 aliphatic heterocycles. The number of fused-ring (bicyclic) bond motifs is 1. The zero-order chi connectivity index (χ0) is 17.2. The molecule has 0 fully saturated rings. The van der Waals surface area contributed by atoms with Crippen LogP contribution in [0, 0.1) is 6.92 Å². The van der Waals surface area contributed by atoms with E-state index in [-0.39, 0.29) is 5.69 Å². The Hall–Kier alpha value is -3.34. The number of nitrogens with zero attached hydrogens (tertiary/aromatic N) is 2. The van der Waals surface area contributed by atoms with Crippen LogP contribution in [-0.2, 0) is 6.61 Å². The molecule has 2 aromatic carbocycles. The van der Waals surface area contributed by atoms with Gasteiger partial charge < -0.3 is 9.72 Å². The predicted molar refractivity (Wildman–Crippen MR) is 97.2 cm³/mol. The minimum atomic E-state index is -0.199. The van der Waals surface area contributed by atoms with Gasteiger partial charge in [0.05, 0.1) is 11.2 Å². The third kappa shape index (κ3) is 2.92. The second kappa shape index (κ2) is 6.28. The zero-order valence-corrected chi connectivity index (χ0v) is 13.8. The molecular formula is C20H17N3O2. The van der Waals surface area contributed by atoms with Crippen molar-refractivity contribution in [2.75, 3.05) is 0 Å². The second-order valence-electron chi connectivity index (χ2n) is 5.86. The lowest BCUT2D eigenvalue weighted by atomic mass is 10.2. The van der Waals surface area contributed by atoms with Crippen LogP contribution in [0.25, 0.3) is 16.9 Å². The van der Waals surface area contributed by atoms with E-state index in [1.54, 1.807) is 10.8 Å². The smallest absolute Gasteiger partial charge is 0.332 e. The highest BCUT2D eigenvalue weighted by Crippen LogP contribution is 2.19. The molecule has 0 radical (unpaired) electrons. The lowest BCUT2D eigenvalue weighted by molar-refractivity contribution is 0.306. The van der Waals surface area contributed by atoms with E-state index < -0.39 is 0 Å². The summed E-state index contributed by atoms with van der Waals surface area (Å²) < 4.78 is 7.36. The Kier molecular flexibility index (Phi) is 3.82. The van der Waals surface area contributed by atoms with Crippen molar-refractivity contribution in [2.24, 2.45) is 0 Å². The van der Waals surface area contributed by atoms with Crippen molar-refractivity contribution in [3.05, 3.63) is 88.5 Å². The summed E-state index contributed by atoms with van der Waals surface area (Å²) in [7, 11) is 0. The molecule has 0 atom stereocenters. The van der Waals surface area contributed by atoms with Gasteiger partial charge in [0, 0.05) is 6.20 Å². The normalized spacial score (nSPS) is 10.9. The Morgan fingerprint density at radius 3 is 2.56 bits per heavy atom. The molecule has 0 aliphatic rings. The number of pyridine rings is 1. The number of hydrogen-bond donors (Lipinski definition) is 1. The Morgan fingerprint density at radius 2 is 1.80 bits per heavy atom. The number of imidazole rings is 1. The molecule has 5 heteroatoms. The summed E-state index contributed by atoms with van der Waals surface area (Å²) >= 11 is 0. The molecule has 4 rings (SSSR count). The Bertz CT molecular complexity index is 1060. The van der Waals surface area contributed by atoms with Gasteiger partial charge in [-0.2, -0.15) is 0 Å². The van der Waals surface area contributed by atoms with E-state index in [0.29, 0.717) is 12.3 Å². The van der Waals surface area contributed by atoms with Crippen LogP contribution in [0.4, 0.5) is 0 Å². The van der Waals surface area contributed by atoms with E-state index in [2.05, 4.69) is 9.97 Å². The van der Waals surface area contributed by atoms with Crippen LogP contribution >= 0.6 is 0 Å². The summed E-state index contributed by atoms with van der Waals surface area (Å²) in [5, 5.41) is 0. The molecule has 0 aliphatic carbocycles. The average molecular weight is 331 g/mol. The average Bonchev–Trinajstić information content (AvgIpc) is 2.99. The fraction of sp³-hybridized carbons (Fsp3) is 0.100. The maximum absolute atomic E-state index is 12.3. The topological polar surface area (TPSA) is 59.9 Å². The first kappa shape index (κ1) is 15.2. The van der Waals surface area contributed by atoms with Gasteiger partial charge in [-0.25, -0.2) is 14.3 Å². The fourth-order valence-electron chi connectivity index (χ4n) is 2.80. The second-order valence-corrected chi connectivity index (χ2v) is 5.86. The summed E-state index contributed by atoms with van der Waals surface area (Å²) in [6, 6.07) is 19.3. The summed E-state index contributed by atoms with van der Waals surface area (Å²) in [5.41, 5.74) is 4.04. The Balaban J connectivity index is 1.62. The molecule has 0 spiro atoms. The van der Waals surface area contributed by atoms with Gasteiger partial charge in [0.15, 0.2) is 5.65 Å². The number of aromatic amines is 1. The first-order valence-electron chi connectivity index (χ1n) is 8.06. The SMILES string of the molecule is Cc1ccnc2c1[nH]c(=O)n2-c1ccc(OCc2ccccc2)cc1. The van der Waals surface area contributed by atoms with Gasteiger partial charge in [0.1, 0.15) is 12.4 Å². The number of ether oxygens (including phenoxy) is 1. The van der Waals surface area contributed by atoms with Crippen LogP contribution in [0.5, 0.6) is 5.75 Å². The van der Waals surface area contributed by atoms with E-state index in [1.165, 1.54) is 0 Å². The molecule has 1 N–H and O–H groups in total. The van der Waals surface area contributed by atoms with E-state index in [4.69, 9.17) is 4.74 Å². The third-order valence-electron chi connectivity index (χ3n) is 4.13. The van der Waals surface area contributed by atoms with E-state index in [9.17, 15) is 4.79 Å². The van der Waals surface area contributed by atoms with Crippen LogP contribution in [0.15, 0.2) is 71.7 Å². The predicted octanol–water partition coefficient (Wildman–Crippen LogP) is 3.60. The molecule has 0 amide bonds. The van der Waals surface area contributed by atoms with Gasteiger partial charge in [0.25, 0.3) is 0 Å². The van der Waals surface area contributed by atoms with Crippen LogP contribution < -0.4 is 10.4 Å². The van der Waals surface area contributed by atoms with Crippen LogP contribution in [0.1, 0.15) is 11.1 Å². The molecule has 0 saturated carbocycles. The summed E-state index contributed by atoms with van der Waals surface area (Å²) in [5.74, 6) is 0.754. The third-order valence-corrected chi connectivity index (χ3v) is 4.13.